The van der Waals surface area contributed by atoms with Crippen LogP contribution in [0.4, 0.5) is 4.79 Å². The average Bonchev–Trinajstić information content (AvgIpc) is 3.00. The molecular weight excluding hydrogens is 385 g/mol. The van der Waals surface area contributed by atoms with E-state index >= 15 is 0 Å². The average molecular weight is 406 g/mol. The molecule has 0 radical (unpaired) electrons. The van der Waals surface area contributed by atoms with Crippen molar-refractivity contribution in [2.75, 3.05) is 34.0 Å². The predicted molar refractivity (Wildman–Crippen MR) is 102 cm³/mol. The van der Waals surface area contributed by atoms with Crippen molar-refractivity contribution in [1.82, 2.24) is 25.4 Å². The van der Waals surface area contributed by atoms with E-state index in [-0.39, 0.29) is 6.03 Å². The number of carbonyl (C=O) groups excluding carboxylic acids is 1. The SMILES string of the molecule is COCCN(C)CN1C=C(NC(=O)NCc2ccc(Cl)c(Cl)c2)SN1. The molecule has 0 unspecified atom stereocenters. The molecule has 0 aliphatic carbocycles. The summed E-state index contributed by atoms with van der Waals surface area (Å²) in [5, 5.41) is 9.12. The molecule has 138 valence electrons. The third-order valence-electron chi connectivity index (χ3n) is 3.29. The number of methoxy groups -OCH3 is 1. The maximum atomic E-state index is 12.0. The first kappa shape index (κ1) is 20.2. The van der Waals surface area contributed by atoms with Crippen LogP contribution in [-0.2, 0) is 11.3 Å². The molecule has 0 bridgehead atoms. The number of rotatable bonds is 8. The van der Waals surface area contributed by atoms with E-state index in [4.69, 9.17) is 27.9 Å². The van der Waals surface area contributed by atoms with Gasteiger partial charge in [0.2, 0.25) is 0 Å². The van der Waals surface area contributed by atoms with Gasteiger partial charge in [-0.05, 0) is 36.7 Å². The van der Waals surface area contributed by atoms with E-state index in [2.05, 4.69) is 20.4 Å². The van der Waals surface area contributed by atoms with Gasteiger partial charge in [-0.1, -0.05) is 29.3 Å². The third kappa shape index (κ3) is 6.93. The highest BCUT2D eigenvalue weighted by Crippen LogP contribution is 2.22. The molecule has 1 aliphatic heterocycles. The zero-order valence-electron chi connectivity index (χ0n) is 14.0. The zero-order valence-corrected chi connectivity index (χ0v) is 16.3. The molecule has 3 N–H and O–H groups in total. The van der Waals surface area contributed by atoms with E-state index in [0.717, 1.165) is 12.1 Å². The lowest BCUT2D eigenvalue weighted by Crippen LogP contribution is -2.37. The van der Waals surface area contributed by atoms with Crippen molar-refractivity contribution >= 4 is 41.2 Å². The first-order valence-electron chi connectivity index (χ1n) is 7.55. The normalized spacial score (nSPS) is 14.0. The van der Waals surface area contributed by atoms with Crippen molar-refractivity contribution in [3.8, 4) is 0 Å². The van der Waals surface area contributed by atoms with Crippen molar-refractivity contribution in [1.29, 1.82) is 0 Å². The minimum Gasteiger partial charge on any atom is -0.383 e. The minimum absolute atomic E-state index is 0.291. The van der Waals surface area contributed by atoms with Crippen LogP contribution in [0.5, 0.6) is 0 Å². The van der Waals surface area contributed by atoms with Gasteiger partial charge in [0, 0.05) is 26.4 Å². The molecular formula is C15H21Cl2N5O2S. The number of benzene rings is 1. The molecule has 2 rings (SSSR count). The zero-order chi connectivity index (χ0) is 18.2. The second kappa shape index (κ2) is 10.1. The monoisotopic (exact) mass is 405 g/mol. The van der Waals surface area contributed by atoms with Gasteiger partial charge in [0.15, 0.2) is 0 Å². The molecule has 7 nitrogen and oxygen atoms in total. The number of amides is 2. The predicted octanol–water partition coefficient (Wildman–Crippen LogP) is 2.60. The number of hydrogen-bond donors (Lipinski definition) is 3. The van der Waals surface area contributed by atoms with Gasteiger partial charge in [-0.25, -0.2) is 4.79 Å². The summed E-state index contributed by atoms with van der Waals surface area (Å²) in [7, 11) is 3.67. The van der Waals surface area contributed by atoms with Gasteiger partial charge < -0.3 is 15.4 Å². The summed E-state index contributed by atoms with van der Waals surface area (Å²) in [4.78, 5) is 17.2. The fourth-order valence-corrected chi connectivity index (χ4v) is 2.97. The van der Waals surface area contributed by atoms with E-state index in [0.29, 0.717) is 34.9 Å². The van der Waals surface area contributed by atoms with Crippen LogP contribution in [0.3, 0.4) is 0 Å². The number of halogens is 2. The van der Waals surface area contributed by atoms with E-state index in [1.54, 1.807) is 19.2 Å². The van der Waals surface area contributed by atoms with Gasteiger partial charge in [-0.15, -0.1) is 0 Å². The second-order valence-corrected chi connectivity index (χ2v) is 7.07. The van der Waals surface area contributed by atoms with Gasteiger partial charge in [0.1, 0.15) is 5.03 Å². The van der Waals surface area contributed by atoms with Crippen molar-refractivity contribution in [3.05, 3.63) is 45.0 Å². The summed E-state index contributed by atoms with van der Waals surface area (Å²) < 4.78 is 5.05. The Morgan fingerprint density at radius 2 is 2.20 bits per heavy atom. The Morgan fingerprint density at radius 1 is 1.40 bits per heavy atom. The Balaban J connectivity index is 1.74. The number of hydrogen-bond acceptors (Lipinski definition) is 6. The summed E-state index contributed by atoms with van der Waals surface area (Å²) in [6.07, 6.45) is 1.84. The molecule has 0 saturated heterocycles. The van der Waals surface area contributed by atoms with Crippen molar-refractivity contribution in [2.45, 2.75) is 6.54 Å². The Hall–Kier alpha value is -1.16. The quantitative estimate of drug-likeness (QED) is 0.577. The third-order valence-corrected chi connectivity index (χ3v) is 4.78. The highest BCUT2D eigenvalue weighted by atomic mass is 35.5. The first-order valence-corrected chi connectivity index (χ1v) is 9.12. The Morgan fingerprint density at radius 3 is 2.92 bits per heavy atom. The fourth-order valence-electron chi connectivity index (χ4n) is 2.00. The summed E-state index contributed by atoms with van der Waals surface area (Å²) in [5.41, 5.74) is 0.872. The van der Waals surface area contributed by atoms with Gasteiger partial charge >= 0.3 is 6.03 Å². The topological polar surface area (TPSA) is 68.9 Å². The minimum atomic E-state index is -0.291. The largest absolute Gasteiger partial charge is 0.383 e. The summed E-state index contributed by atoms with van der Waals surface area (Å²) >= 11 is 13.2. The number of carbonyl (C=O) groups is 1. The molecule has 10 heteroatoms. The van der Waals surface area contributed by atoms with Gasteiger partial charge in [0.05, 0.1) is 23.3 Å². The van der Waals surface area contributed by atoms with E-state index in [9.17, 15) is 4.79 Å². The summed E-state index contributed by atoms with van der Waals surface area (Å²) in [5.74, 6) is 0. The van der Waals surface area contributed by atoms with Crippen LogP contribution < -0.4 is 15.5 Å². The van der Waals surface area contributed by atoms with Gasteiger partial charge in [-0.2, -0.15) is 4.83 Å². The first-order chi connectivity index (χ1) is 12.0. The lowest BCUT2D eigenvalue weighted by atomic mass is 10.2. The Bertz CT molecular complexity index is 632. The molecule has 1 aliphatic rings. The molecule has 0 aromatic heterocycles. The summed E-state index contributed by atoms with van der Waals surface area (Å²) in [6, 6.07) is 4.96. The Labute approximate surface area is 161 Å². The fraction of sp³-hybridized carbons (Fsp3) is 0.400. The number of hydrazine groups is 1. The van der Waals surface area contributed by atoms with Crippen LogP contribution in [0.1, 0.15) is 5.56 Å². The molecule has 25 heavy (non-hydrogen) atoms. The van der Waals surface area contributed by atoms with Crippen LogP contribution in [0, 0.1) is 0 Å². The van der Waals surface area contributed by atoms with Crippen molar-refractivity contribution in [3.63, 3.8) is 0 Å². The van der Waals surface area contributed by atoms with E-state index in [1.807, 2.05) is 24.3 Å². The number of nitrogens with zero attached hydrogens (tertiary/aromatic N) is 2. The van der Waals surface area contributed by atoms with Crippen LogP contribution in [-0.4, -0.2) is 49.9 Å². The van der Waals surface area contributed by atoms with Gasteiger partial charge in [0.25, 0.3) is 0 Å². The van der Waals surface area contributed by atoms with Crippen LogP contribution in [0.25, 0.3) is 0 Å². The molecule has 2 amide bonds. The van der Waals surface area contributed by atoms with Crippen molar-refractivity contribution < 1.29 is 9.53 Å². The molecule has 1 aromatic carbocycles. The molecule has 0 fully saturated rings. The second-order valence-electron chi connectivity index (χ2n) is 5.43. The lowest BCUT2D eigenvalue weighted by Gasteiger charge is -2.22. The number of urea groups is 1. The number of likely N-dealkylation sites (N-methyl/N-ethyl adjacent to an activating group) is 1. The smallest absolute Gasteiger partial charge is 0.319 e. The van der Waals surface area contributed by atoms with E-state index < -0.39 is 0 Å². The van der Waals surface area contributed by atoms with Crippen LogP contribution >= 0.6 is 35.1 Å². The molecule has 0 spiro atoms. The highest BCUT2D eigenvalue weighted by molar-refractivity contribution is 8.01. The standard InChI is InChI=1S/C15H21Cl2N5O2S/c1-21(5-6-24-2)10-22-9-14(25-20-22)19-15(23)18-8-11-3-4-12(16)13(17)7-11/h3-4,7,9,20H,5-6,8,10H2,1-2H3,(H2,18,19,23). The molecule has 1 aromatic rings. The molecule has 1 heterocycles. The van der Waals surface area contributed by atoms with Crippen molar-refractivity contribution in [2.24, 2.45) is 0 Å². The maximum absolute atomic E-state index is 12.0. The number of nitrogens with one attached hydrogen (secondary N) is 3. The maximum Gasteiger partial charge on any atom is 0.319 e. The molecule has 0 atom stereocenters. The molecule has 0 saturated carbocycles. The van der Waals surface area contributed by atoms with E-state index in [1.165, 1.54) is 11.9 Å². The lowest BCUT2D eigenvalue weighted by molar-refractivity contribution is 0.128. The Kier molecular flexibility index (Phi) is 8.14. The van der Waals surface area contributed by atoms with Crippen LogP contribution in [0.15, 0.2) is 29.4 Å². The van der Waals surface area contributed by atoms with Gasteiger partial charge in [-0.3, -0.25) is 9.91 Å². The number of ether oxygens (including phenoxy) is 1. The highest BCUT2D eigenvalue weighted by Gasteiger charge is 2.16. The van der Waals surface area contributed by atoms with Crippen LogP contribution in [0.2, 0.25) is 10.0 Å². The summed E-state index contributed by atoms with van der Waals surface area (Å²) in [6.45, 7) is 2.52.